The summed E-state index contributed by atoms with van der Waals surface area (Å²) >= 11 is 1.71. The van der Waals surface area contributed by atoms with Crippen molar-refractivity contribution in [3.63, 3.8) is 0 Å². The molecule has 1 N–H and O–H groups in total. The van der Waals surface area contributed by atoms with Crippen molar-refractivity contribution in [3.8, 4) is 11.5 Å². The Hall–Kier alpha value is -3.18. The van der Waals surface area contributed by atoms with Gasteiger partial charge in [0, 0.05) is 10.6 Å². The molecular formula is C25H24O4S. The summed E-state index contributed by atoms with van der Waals surface area (Å²) in [6.45, 7) is 2.28. The molecule has 5 heteroatoms. The monoisotopic (exact) mass is 420 g/mol. The van der Waals surface area contributed by atoms with Gasteiger partial charge < -0.3 is 14.6 Å². The van der Waals surface area contributed by atoms with Crippen LogP contribution in [0.15, 0.2) is 89.8 Å². The lowest BCUT2D eigenvalue weighted by molar-refractivity contribution is -0.139. The third-order valence-corrected chi connectivity index (χ3v) is 5.20. The largest absolute Gasteiger partial charge is 0.494 e. The average molecular weight is 421 g/mol. The molecular weight excluding hydrogens is 396 g/mol. The van der Waals surface area contributed by atoms with Crippen LogP contribution in [-0.4, -0.2) is 30.0 Å². The molecule has 154 valence electrons. The van der Waals surface area contributed by atoms with Gasteiger partial charge in [0.05, 0.1) is 6.61 Å². The number of ether oxygens (including phenoxy) is 2. The Balaban J connectivity index is 1.74. The topological polar surface area (TPSA) is 55.8 Å². The fraction of sp³-hybridized carbons (Fsp3) is 0.160. The lowest BCUT2D eigenvalue weighted by atomic mass is 9.98. The van der Waals surface area contributed by atoms with E-state index in [4.69, 9.17) is 14.6 Å². The minimum Gasteiger partial charge on any atom is -0.494 e. The molecule has 4 nitrogen and oxygen atoms in total. The smallest absolute Gasteiger partial charge is 0.341 e. The second-order valence-electron chi connectivity index (χ2n) is 6.41. The Morgan fingerprint density at radius 3 is 2.33 bits per heavy atom. The highest BCUT2D eigenvalue weighted by Crippen LogP contribution is 2.28. The fourth-order valence-electron chi connectivity index (χ4n) is 2.94. The van der Waals surface area contributed by atoms with Crippen LogP contribution < -0.4 is 9.47 Å². The van der Waals surface area contributed by atoms with E-state index in [0.717, 1.165) is 33.1 Å². The van der Waals surface area contributed by atoms with E-state index >= 15 is 0 Å². The predicted molar refractivity (Wildman–Crippen MR) is 121 cm³/mol. The Morgan fingerprint density at radius 1 is 0.900 bits per heavy atom. The minimum atomic E-state index is -0.986. The predicted octanol–water partition coefficient (Wildman–Crippen LogP) is 5.77. The second-order valence-corrected chi connectivity index (χ2v) is 7.50. The van der Waals surface area contributed by atoms with Crippen LogP contribution in [0.1, 0.15) is 18.1 Å². The molecule has 30 heavy (non-hydrogen) atoms. The standard InChI is InChI=1S/C25H24O4S/c1-2-28-22-10-6-9-20(17-22)24(19-7-4-3-5-8-19)15-16-30-23-13-11-21(12-14-23)29-18-25(26)27/h3-15,17H,2,16,18H2,1H3,(H,26,27)/b24-15-. The van der Waals surface area contributed by atoms with Crippen LogP contribution in [0, 0.1) is 0 Å². The van der Waals surface area contributed by atoms with Crippen molar-refractivity contribution in [2.45, 2.75) is 11.8 Å². The number of benzene rings is 3. The Kier molecular flexibility index (Phi) is 7.98. The van der Waals surface area contributed by atoms with Gasteiger partial charge in [-0.05, 0) is 60.0 Å². The number of rotatable bonds is 10. The van der Waals surface area contributed by atoms with E-state index in [0.29, 0.717) is 12.4 Å². The molecule has 0 bridgehead atoms. The maximum Gasteiger partial charge on any atom is 0.341 e. The van der Waals surface area contributed by atoms with Gasteiger partial charge in [-0.1, -0.05) is 48.5 Å². The highest BCUT2D eigenvalue weighted by molar-refractivity contribution is 7.99. The van der Waals surface area contributed by atoms with E-state index in [1.807, 2.05) is 49.4 Å². The summed E-state index contributed by atoms with van der Waals surface area (Å²) in [5.41, 5.74) is 3.43. The van der Waals surface area contributed by atoms with Gasteiger partial charge in [0.15, 0.2) is 6.61 Å². The van der Waals surface area contributed by atoms with Gasteiger partial charge in [0.2, 0.25) is 0 Å². The van der Waals surface area contributed by atoms with Gasteiger partial charge in [-0.25, -0.2) is 4.79 Å². The highest BCUT2D eigenvalue weighted by Gasteiger charge is 2.07. The molecule has 0 fully saturated rings. The summed E-state index contributed by atoms with van der Waals surface area (Å²) in [4.78, 5) is 11.7. The molecule has 0 aromatic heterocycles. The molecule has 0 aliphatic carbocycles. The maximum atomic E-state index is 10.6. The number of thioether (sulfide) groups is 1. The van der Waals surface area contributed by atoms with Crippen LogP contribution in [0.2, 0.25) is 0 Å². The molecule has 0 saturated heterocycles. The first-order chi connectivity index (χ1) is 14.7. The molecule has 0 aliphatic rings. The highest BCUT2D eigenvalue weighted by atomic mass is 32.2. The van der Waals surface area contributed by atoms with Gasteiger partial charge >= 0.3 is 5.97 Å². The summed E-state index contributed by atoms with van der Waals surface area (Å²) in [6, 6.07) is 25.9. The summed E-state index contributed by atoms with van der Waals surface area (Å²) in [5, 5.41) is 8.69. The van der Waals surface area contributed by atoms with Gasteiger partial charge in [-0.2, -0.15) is 0 Å². The lowest BCUT2D eigenvalue weighted by Gasteiger charge is -2.11. The van der Waals surface area contributed by atoms with E-state index in [1.54, 1.807) is 23.9 Å². The molecule has 0 unspecified atom stereocenters. The van der Waals surface area contributed by atoms with Crippen molar-refractivity contribution < 1.29 is 19.4 Å². The number of carboxylic acids is 1. The number of carbonyl (C=O) groups is 1. The molecule has 0 aliphatic heterocycles. The normalized spacial score (nSPS) is 11.2. The first-order valence-electron chi connectivity index (χ1n) is 9.72. The van der Waals surface area contributed by atoms with E-state index < -0.39 is 5.97 Å². The number of hydrogen-bond donors (Lipinski definition) is 1. The molecule has 0 heterocycles. The van der Waals surface area contributed by atoms with Gasteiger partial charge in [0.1, 0.15) is 11.5 Å². The molecule has 0 atom stereocenters. The first kappa shape index (κ1) is 21.5. The lowest BCUT2D eigenvalue weighted by Crippen LogP contribution is -2.09. The molecule has 0 amide bonds. The minimum absolute atomic E-state index is 0.337. The summed E-state index contributed by atoms with van der Waals surface area (Å²) in [6.07, 6.45) is 2.22. The van der Waals surface area contributed by atoms with E-state index in [9.17, 15) is 4.79 Å². The quantitative estimate of drug-likeness (QED) is 0.422. The Labute approximate surface area is 181 Å². The van der Waals surface area contributed by atoms with Crippen LogP contribution in [0.4, 0.5) is 0 Å². The van der Waals surface area contributed by atoms with E-state index in [1.165, 1.54) is 0 Å². The summed E-state index contributed by atoms with van der Waals surface area (Å²) in [7, 11) is 0. The maximum absolute atomic E-state index is 10.6. The van der Waals surface area contributed by atoms with Gasteiger partial charge in [-0.3, -0.25) is 0 Å². The van der Waals surface area contributed by atoms with Crippen molar-refractivity contribution in [2.24, 2.45) is 0 Å². The SMILES string of the molecule is CCOc1cccc(/C(=C\CSc2ccc(OCC(=O)O)cc2)c2ccccc2)c1. The molecule has 3 aromatic carbocycles. The Morgan fingerprint density at radius 2 is 1.63 bits per heavy atom. The third-order valence-electron chi connectivity index (χ3n) is 4.26. The number of hydrogen-bond acceptors (Lipinski definition) is 4. The van der Waals surface area contributed by atoms with Gasteiger partial charge in [-0.15, -0.1) is 11.8 Å². The molecule has 0 spiro atoms. The first-order valence-corrected chi connectivity index (χ1v) is 10.7. The zero-order valence-corrected chi connectivity index (χ0v) is 17.6. The van der Waals surface area contributed by atoms with Crippen molar-refractivity contribution in [2.75, 3.05) is 19.0 Å². The second kappa shape index (κ2) is 11.1. The third kappa shape index (κ3) is 6.42. The van der Waals surface area contributed by atoms with E-state index in [-0.39, 0.29) is 6.61 Å². The average Bonchev–Trinajstić information content (AvgIpc) is 2.77. The molecule has 0 saturated carbocycles. The summed E-state index contributed by atoms with van der Waals surface area (Å²) in [5.74, 6) is 1.22. The Bertz CT molecular complexity index is 982. The van der Waals surface area contributed by atoms with Crippen molar-refractivity contribution >= 4 is 23.3 Å². The molecule has 3 aromatic rings. The zero-order valence-electron chi connectivity index (χ0n) is 16.8. The zero-order chi connectivity index (χ0) is 21.2. The van der Waals surface area contributed by atoms with Crippen LogP contribution in [0.25, 0.3) is 5.57 Å². The van der Waals surface area contributed by atoms with Crippen LogP contribution >= 0.6 is 11.8 Å². The van der Waals surface area contributed by atoms with Crippen molar-refractivity contribution in [1.29, 1.82) is 0 Å². The number of carboxylic acid groups (broad SMARTS) is 1. The van der Waals surface area contributed by atoms with Crippen LogP contribution in [0.3, 0.4) is 0 Å². The fourth-order valence-corrected chi connectivity index (χ4v) is 3.71. The van der Waals surface area contributed by atoms with Crippen LogP contribution in [-0.2, 0) is 4.79 Å². The molecule has 3 rings (SSSR count). The van der Waals surface area contributed by atoms with Gasteiger partial charge in [0.25, 0.3) is 0 Å². The van der Waals surface area contributed by atoms with Crippen LogP contribution in [0.5, 0.6) is 11.5 Å². The summed E-state index contributed by atoms with van der Waals surface area (Å²) < 4.78 is 10.9. The van der Waals surface area contributed by atoms with Crippen molar-refractivity contribution in [1.82, 2.24) is 0 Å². The molecule has 0 radical (unpaired) electrons. The van der Waals surface area contributed by atoms with E-state index in [2.05, 4.69) is 30.3 Å². The van der Waals surface area contributed by atoms with Crippen molar-refractivity contribution in [3.05, 3.63) is 96.1 Å². The number of aliphatic carboxylic acids is 1.